The summed E-state index contributed by atoms with van der Waals surface area (Å²) in [6.45, 7) is 14.7. The summed E-state index contributed by atoms with van der Waals surface area (Å²) in [6.07, 6.45) is 8.19. The van der Waals surface area contributed by atoms with Crippen molar-refractivity contribution in [3.8, 4) is 0 Å². The summed E-state index contributed by atoms with van der Waals surface area (Å²) in [4.78, 5) is 12.0. The minimum atomic E-state index is -0.766. The Hall–Kier alpha value is -1.52. The second kappa shape index (κ2) is 11.9. The highest BCUT2D eigenvalue weighted by Gasteiger charge is 2.31. The van der Waals surface area contributed by atoms with Crippen LogP contribution in [-0.2, 0) is 16.6 Å². The molecule has 0 aliphatic carbocycles. The fraction of sp³-hybridized carbons (Fsp3) is 0.593. The van der Waals surface area contributed by atoms with Crippen molar-refractivity contribution >= 4 is 18.6 Å². The number of hydrogen-bond acceptors (Lipinski definition) is 3. The average molecular weight is 447 g/mol. The van der Waals surface area contributed by atoms with Gasteiger partial charge in [-0.2, -0.15) is 0 Å². The number of carboxylic acids is 1. The number of aliphatic carboxylic acids is 1. The second-order valence-corrected chi connectivity index (χ2v) is 10.2. The number of hydrogen-bond donors (Lipinski definition) is 3. The van der Waals surface area contributed by atoms with Crippen molar-refractivity contribution in [3.63, 3.8) is 0 Å². The van der Waals surface area contributed by atoms with E-state index in [0.29, 0.717) is 6.42 Å². The van der Waals surface area contributed by atoms with Crippen molar-refractivity contribution in [3.05, 3.63) is 57.5 Å². The van der Waals surface area contributed by atoms with Gasteiger partial charge >= 0.3 is 5.97 Å². The van der Waals surface area contributed by atoms with Gasteiger partial charge in [-0.3, -0.25) is 4.79 Å². The van der Waals surface area contributed by atoms with Crippen LogP contribution in [0, 0.1) is 12.3 Å². The largest absolute Gasteiger partial charge is 0.481 e. The number of carboxylic acid groups (broad SMARTS) is 1. The summed E-state index contributed by atoms with van der Waals surface area (Å²) in [5.74, 6) is -0.766. The van der Waals surface area contributed by atoms with Crippen LogP contribution in [0.4, 0.5) is 0 Å². The predicted molar refractivity (Wildman–Crippen MR) is 135 cm³/mol. The number of aliphatic hydroxyl groups is 1. The third kappa shape index (κ3) is 7.84. The smallest absolute Gasteiger partial charge is 0.303 e. The molecule has 1 rings (SSSR count). The van der Waals surface area contributed by atoms with Crippen LogP contribution in [0.3, 0.4) is 0 Å². The Morgan fingerprint density at radius 2 is 1.81 bits per heavy atom. The average Bonchev–Trinajstić information content (AvgIpc) is 2.67. The van der Waals surface area contributed by atoms with Crippen molar-refractivity contribution in [2.45, 2.75) is 98.5 Å². The zero-order valence-corrected chi connectivity index (χ0v) is 21.4. The normalized spacial score (nSPS) is 14.6. The molecule has 31 heavy (non-hydrogen) atoms. The third-order valence-corrected chi connectivity index (χ3v) is 7.03. The first kappa shape index (κ1) is 27.5. The Balaban J connectivity index is 3.11. The molecule has 2 N–H and O–H groups in total. The van der Waals surface area contributed by atoms with Gasteiger partial charge in [0.05, 0.1) is 6.10 Å². The molecule has 4 heteroatoms. The first-order valence-corrected chi connectivity index (χ1v) is 11.9. The van der Waals surface area contributed by atoms with Crippen molar-refractivity contribution < 1.29 is 15.0 Å². The standard InChI is InChI=1S/C27H42O3S/c1-8-27(9-2,22-15-13-21(20(4)18-22)14-16-25(29)30)24(31)17-19(3)11-10-12-23(28)26(5,6)7/h11,13,15,17-18,23,28,31H,8-10,12,14,16H2,1-7H3,(H,29,30)/b19-11+,24-17-. The van der Waals surface area contributed by atoms with E-state index in [0.717, 1.165) is 47.3 Å². The molecule has 0 aliphatic heterocycles. The summed E-state index contributed by atoms with van der Waals surface area (Å²) in [7, 11) is 0. The van der Waals surface area contributed by atoms with Crippen LogP contribution in [0.15, 0.2) is 40.8 Å². The topological polar surface area (TPSA) is 57.5 Å². The maximum atomic E-state index is 10.9. The van der Waals surface area contributed by atoms with Gasteiger partial charge in [-0.05, 0) is 79.0 Å². The molecule has 0 aliphatic rings. The van der Waals surface area contributed by atoms with Crippen LogP contribution in [0.2, 0.25) is 0 Å². The molecule has 0 bridgehead atoms. The second-order valence-electron chi connectivity index (χ2n) is 9.76. The fourth-order valence-corrected chi connectivity index (χ4v) is 4.65. The lowest BCUT2D eigenvalue weighted by Gasteiger charge is -2.34. The molecule has 1 atom stereocenters. The number of aliphatic hydroxyl groups excluding tert-OH is 1. The molecule has 174 valence electrons. The van der Waals surface area contributed by atoms with Gasteiger partial charge < -0.3 is 10.2 Å². The minimum Gasteiger partial charge on any atom is -0.481 e. The van der Waals surface area contributed by atoms with Crippen molar-refractivity contribution in [1.82, 2.24) is 0 Å². The summed E-state index contributed by atoms with van der Waals surface area (Å²) >= 11 is 4.95. The molecule has 0 radical (unpaired) electrons. The molecule has 3 nitrogen and oxygen atoms in total. The van der Waals surface area contributed by atoms with Gasteiger partial charge in [-0.1, -0.05) is 64.5 Å². The highest BCUT2D eigenvalue weighted by molar-refractivity contribution is 7.84. The number of benzene rings is 1. The molecule has 0 heterocycles. The number of aryl methyl sites for hydroxylation is 2. The zero-order valence-electron chi connectivity index (χ0n) is 20.5. The summed E-state index contributed by atoms with van der Waals surface area (Å²) < 4.78 is 0. The van der Waals surface area contributed by atoms with E-state index in [9.17, 15) is 9.90 Å². The lowest BCUT2D eigenvalue weighted by Crippen LogP contribution is -2.25. The van der Waals surface area contributed by atoms with E-state index in [1.165, 1.54) is 5.56 Å². The number of carbonyl (C=O) groups is 1. The molecule has 0 aromatic heterocycles. The zero-order chi connectivity index (χ0) is 23.8. The van der Waals surface area contributed by atoms with Crippen LogP contribution in [-0.4, -0.2) is 22.3 Å². The van der Waals surface area contributed by atoms with Gasteiger partial charge in [-0.25, -0.2) is 0 Å². The predicted octanol–water partition coefficient (Wildman–Crippen LogP) is 7.02. The van der Waals surface area contributed by atoms with E-state index in [1.807, 2.05) is 0 Å². The Morgan fingerprint density at radius 1 is 1.19 bits per heavy atom. The van der Waals surface area contributed by atoms with Gasteiger partial charge in [0.15, 0.2) is 0 Å². The van der Waals surface area contributed by atoms with Crippen molar-refractivity contribution in [1.29, 1.82) is 0 Å². The van der Waals surface area contributed by atoms with Gasteiger partial charge in [0, 0.05) is 11.8 Å². The molecule has 1 aromatic carbocycles. The van der Waals surface area contributed by atoms with Crippen LogP contribution < -0.4 is 0 Å². The molecule has 0 saturated heterocycles. The van der Waals surface area contributed by atoms with Crippen LogP contribution in [0.5, 0.6) is 0 Å². The van der Waals surface area contributed by atoms with E-state index in [1.54, 1.807) is 0 Å². The lowest BCUT2D eigenvalue weighted by molar-refractivity contribution is -0.136. The monoisotopic (exact) mass is 446 g/mol. The molecule has 0 saturated carbocycles. The first-order valence-electron chi connectivity index (χ1n) is 11.4. The molecule has 0 fully saturated rings. The van der Waals surface area contributed by atoms with E-state index >= 15 is 0 Å². The molecule has 0 spiro atoms. The molecule has 1 unspecified atom stereocenters. The van der Waals surface area contributed by atoms with Crippen LogP contribution >= 0.6 is 12.6 Å². The highest BCUT2D eigenvalue weighted by Crippen LogP contribution is 2.42. The van der Waals surface area contributed by atoms with Crippen molar-refractivity contribution in [2.75, 3.05) is 0 Å². The SMILES string of the molecule is CCC(CC)(/C(S)=C/C(C)=C/CCC(O)C(C)(C)C)c1ccc(CCC(=O)O)c(C)c1. The Labute approximate surface area is 195 Å². The fourth-order valence-electron chi connectivity index (χ4n) is 4.00. The molecular formula is C27H42O3S. The number of allylic oxidation sites excluding steroid dienone is 4. The summed E-state index contributed by atoms with van der Waals surface area (Å²) in [6, 6.07) is 6.41. The van der Waals surface area contributed by atoms with E-state index in [-0.39, 0.29) is 23.4 Å². The maximum Gasteiger partial charge on any atom is 0.303 e. The molecular weight excluding hydrogens is 404 g/mol. The highest BCUT2D eigenvalue weighted by atomic mass is 32.1. The van der Waals surface area contributed by atoms with E-state index in [2.05, 4.69) is 78.8 Å². The Kier molecular flexibility index (Phi) is 10.6. The molecule has 0 amide bonds. The summed E-state index contributed by atoms with van der Waals surface area (Å²) in [5.41, 5.74) is 4.35. The van der Waals surface area contributed by atoms with E-state index < -0.39 is 5.97 Å². The molecule has 1 aromatic rings. The lowest BCUT2D eigenvalue weighted by atomic mass is 9.74. The first-order chi connectivity index (χ1) is 14.4. The van der Waals surface area contributed by atoms with Gasteiger partial charge in [-0.15, -0.1) is 12.6 Å². The van der Waals surface area contributed by atoms with Gasteiger partial charge in [0.1, 0.15) is 0 Å². The quantitative estimate of drug-likeness (QED) is 0.253. The number of thiol groups is 1. The van der Waals surface area contributed by atoms with Crippen LogP contribution in [0.25, 0.3) is 0 Å². The van der Waals surface area contributed by atoms with Crippen molar-refractivity contribution in [2.24, 2.45) is 5.41 Å². The van der Waals surface area contributed by atoms with E-state index in [4.69, 9.17) is 17.7 Å². The summed E-state index contributed by atoms with van der Waals surface area (Å²) in [5, 5.41) is 19.2. The Morgan fingerprint density at radius 3 is 2.29 bits per heavy atom. The maximum absolute atomic E-state index is 10.9. The van der Waals surface area contributed by atoms with Gasteiger partial charge in [0.25, 0.3) is 0 Å². The van der Waals surface area contributed by atoms with Gasteiger partial charge in [0.2, 0.25) is 0 Å². The minimum absolute atomic E-state index is 0.0969. The van der Waals surface area contributed by atoms with Crippen LogP contribution in [0.1, 0.15) is 90.3 Å². The Bertz CT molecular complexity index is 795. The third-order valence-electron chi connectivity index (χ3n) is 6.47. The number of rotatable bonds is 11.